The highest BCUT2D eigenvalue weighted by Gasteiger charge is 2.30. The molecule has 1 aliphatic carbocycles. The fourth-order valence-electron chi connectivity index (χ4n) is 3.43. The molecule has 0 atom stereocenters. The van der Waals surface area contributed by atoms with E-state index in [2.05, 4.69) is 14.8 Å². The van der Waals surface area contributed by atoms with E-state index >= 15 is 0 Å². The minimum absolute atomic E-state index is 0.0514. The number of nitrogens with one attached hydrogen (secondary N) is 1. The maximum Gasteiger partial charge on any atom is 0.260 e. The molecule has 0 aromatic carbocycles. The van der Waals surface area contributed by atoms with Crippen LogP contribution in [-0.2, 0) is 14.8 Å². The number of amidine groups is 1. The normalized spacial score (nSPS) is 22.3. The Hall–Kier alpha value is -2.42. The van der Waals surface area contributed by atoms with Gasteiger partial charge >= 0.3 is 0 Å². The Morgan fingerprint density at radius 3 is 2.88 bits per heavy atom. The highest BCUT2D eigenvalue weighted by molar-refractivity contribution is 7.90. The summed E-state index contributed by atoms with van der Waals surface area (Å²) in [6.45, 7) is 0.294. The number of hydrogen-bond donors (Lipinski definition) is 1. The largest absolute Gasteiger partial charge is 0.331 e. The van der Waals surface area contributed by atoms with Crippen molar-refractivity contribution in [3.8, 4) is 0 Å². The lowest BCUT2D eigenvalue weighted by Crippen LogP contribution is -2.41. The Kier molecular flexibility index (Phi) is 3.95. The van der Waals surface area contributed by atoms with Crippen LogP contribution in [0.15, 0.2) is 40.6 Å². The zero-order valence-electron chi connectivity index (χ0n) is 13.6. The number of hydrogen-bond acceptors (Lipinski definition) is 5. The Labute approximate surface area is 146 Å². The van der Waals surface area contributed by atoms with Crippen LogP contribution in [0.5, 0.6) is 0 Å². The number of rotatable bonds is 3. The molecular weight excluding hydrogens is 342 g/mol. The first-order chi connectivity index (χ1) is 12.0. The van der Waals surface area contributed by atoms with E-state index < -0.39 is 10.0 Å². The maximum absolute atomic E-state index is 12.7. The van der Waals surface area contributed by atoms with Crippen LogP contribution in [0, 0.1) is 0 Å². The van der Waals surface area contributed by atoms with Crippen LogP contribution >= 0.6 is 0 Å². The molecule has 1 N–H and O–H groups in total. The van der Waals surface area contributed by atoms with Gasteiger partial charge in [-0.25, -0.2) is 13.1 Å². The molecule has 1 fully saturated rings. The van der Waals surface area contributed by atoms with E-state index in [0.29, 0.717) is 18.4 Å². The van der Waals surface area contributed by atoms with Gasteiger partial charge in [0.05, 0.1) is 23.6 Å². The highest BCUT2D eigenvalue weighted by atomic mass is 32.2. The summed E-state index contributed by atoms with van der Waals surface area (Å²) >= 11 is 0. The lowest BCUT2D eigenvalue weighted by molar-refractivity contribution is -0.112. The number of allylic oxidation sites excluding steroid dienone is 2. The molecule has 0 spiro atoms. The molecule has 25 heavy (non-hydrogen) atoms. The van der Waals surface area contributed by atoms with E-state index in [4.69, 9.17) is 0 Å². The number of nitrogens with zero attached hydrogens (tertiary/aromatic N) is 4. The standard InChI is InChI=1S/C16H19N5O3S/c22-16(18-14-7-8-17-21(14)12-4-1-2-5-12)13-6-3-9-20-10-11-25(23,24)19-15(13)20/h3,6-9,12H,1-2,4-5,10-11H2,(H,18,22). The molecule has 2 aliphatic heterocycles. The Morgan fingerprint density at radius 2 is 2.08 bits per heavy atom. The van der Waals surface area contributed by atoms with Gasteiger partial charge < -0.3 is 10.2 Å². The van der Waals surface area contributed by atoms with Crippen molar-refractivity contribution in [3.63, 3.8) is 0 Å². The van der Waals surface area contributed by atoms with Gasteiger partial charge in [-0.3, -0.25) is 4.79 Å². The number of anilines is 1. The number of fused-ring (bicyclic) bond motifs is 1. The summed E-state index contributed by atoms with van der Waals surface area (Å²) in [7, 11) is -3.53. The monoisotopic (exact) mass is 361 g/mol. The SMILES string of the molecule is O=C(Nc1ccnn1C1CCCC1)C1=CC=CN2CCS(=O)(=O)N=C12. The quantitative estimate of drug-likeness (QED) is 0.878. The number of aromatic nitrogens is 2. The number of amides is 1. The zero-order valence-corrected chi connectivity index (χ0v) is 14.4. The average molecular weight is 361 g/mol. The third kappa shape index (κ3) is 3.11. The molecule has 0 radical (unpaired) electrons. The van der Waals surface area contributed by atoms with Crippen LogP contribution in [-0.4, -0.2) is 47.1 Å². The number of carbonyl (C=O) groups excluding carboxylic acids is 1. The van der Waals surface area contributed by atoms with E-state index in [9.17, 15) is 13.2 Å². The van der Waals surface area contributed by atoms with Crippen LogP contribution in [0.1, 0.15) is 31.7 Å². The van der Waals surface area contributed by atoms with Gasteiger partial charge in [-0.15, -0.1) is 4.40 Å². The first-order valence-corrected chi connectivity index (χ1v) is 9.97. The Morgan fingerprint density at radius 1 is 1.28 bits per heavy atom. The van der Waals surface area contributed by atoms with Gasteiger partial charge in [0.15, 0.2) is 5.84 Å². The predicted octanol–water partition coefficient (Wildman–Crippen LogP) is 1.43. The van der Waals surface area contributed by atoms with Crippen LogP contribution < -0.4 is 5.32 Å². The minimum Gasteiger partial charge on any atom is -0.331 e. The van der Waals surface area contributed by atoms with Gasteiger partial charge in [0, 0.05) is 18.8 Å². The first kappa shape index (κ1) is 16.1. The fourth-order valence-corrected chi connectivity index (χ4v) is 4.42. The molecule has 8 nitrogen and oxygen atoms in total. The summed E-state index contributed by atoms with van der Waals surface area (Å²) in [6, 6.07) is 2.06. The molecule has 0 bridgehead atoms. The second kappa shape index (κ2) is 6.14. The summed E-state index contributed by atoms with van der Waals surface area (Å²) in [6.07, 6.45) is 11.1. The van der Waals surface area contributed by atoms with Crippen molar-refractivity contribution < 1.29 is 13.2 Å². The van der Waals surface area contributed by atoms with Gasteiger partial charge in [-0.05, 0) is 25.0 Å². The molecule has 1 saturated carbocycles. The van der Waals surface area contributed by atoms with Crippen LogP contribution in [0.25, 0.3) is 0 Å². The lowest BCUT2D eigenvalue weighted by atomic mass is 10.1. The Bertz CT molecular complexity index is 891. The second-order valence-electron chi connectivity index (χ2n) is 6.37. The molecule has 0 saturated heterocycles. The van der Waals surface area contributed by atoms with Crippen molar-refractivity contribution in [2.45, 2.75) is 31.7 Å². The van der Waals surface area contributed by atoms with Crippen LogP contribution in [0.3, 0.4) is 0 Å². The van der Waals surface area contributed by atoms with Crippen LogP contribution in [0.2, 0.25) is 0 Å². The number of carbonyl (C=O) groups is 1. The third-order valence-corrected chi connectivity index (χ3v) is 5.83. The van der Waals surface area contributed by atoms with Crippen molar-refractivity contribution in [2.75, 3.05) is 17.6 Å². The highest BCUT2D eigenvalue weighted by Crippen LogP contribution is 2.31. The van der Waals surface area contributed by atoms with E-state index in [1.807, 2.05) is 4.68 Å². The summed E-state index contributed by atoms with van der Waals surface area (Å²) < 4.78 is 29.2. The summed E-state index contributed by atoms with van der Waals surface area (Å²) in [5.74, 6) is 0.366. The fraction of sp³-hybridized carbons (Fsp3) is 0.438. The van der Waals surface area contributed by atoms with Gasteiger partial charge in [0.2, 0.25) is 0 Å². The molecule has 1 amide bonds. The molecule has 0 unspecified atom stereocenters. The van der Waals surface area contributed by atoms with Crippen molar-refractivity contribution in [1.29, 1.82) is 0 Å². The second-order valence-corrected chi connectivity index (χ2v) is 8.12. The third-order valence-electron chi connectivity index (χ3n) is 4.68. The van der Waals surface area contributed by atoms with Gasteiger partial charge in [0.1, 0.15) is 5.82 Å². The predicted molar refractivity (Wildman–Crippen MR) is 93.5 cm³/mol. The smallest absolute Gasteiger partial charge is 0.260 e. The van der Waals surface area contributed by atoms with E-state index in [1.54, 1.807) is 35.5 Å². The van der Waals surface area contributed by atoms with Gasteiger partial charge in [-0.1, -0.05) is 12.8 Å². The van der Waals surface area contributed by atoms with Crippen molar-refractivity contribution in [1.82, 2.24) is 14.7 Å². The molecular formula is C16H19N5O3S. The molecule has 9 heteroatoms. The molecule has 1 aromatic heterocycles. The molecule has 4 rings (SSSR count). The molecule has 1 aromatic rings. The summed E-state index contributed by atoms with van der Waals surface area (Å²) in [5, 5.41) is 7.19. The van der Waals surface area contributed by atoms with E-state index in [-0.39, 0.29) is 23.1 Å². The summed E-state index contributed by atoms with van der Waals surface area (Å²) in [5.41, 5.74) is 0.241. The van der Waals surface area contributed by atoms with Crippen molar-refractivity contribution in [3.05, 3.63) is 36.2 Å². The van der Waals surface area contributed by atoms with Crippen LogP contribution in [0.4, 0.5) is 5.82 Å². The lowest BCUT2D eigenvalue weighted by Gasteiger charge is -2.28. The van der Waals surface area contributed by atoms with E-state index in [0.717, 1.165) is 25.7 Å². The van der Waals surface area contributed by atoms with Gasteiger partial charge in [-0.2, -0.15) is 5.10 Å². The average Bonchev–Trinajstić information content (AvgIpc) is 3.24. The summed E-state index contributed by atoms with van der Waals surface area (Å²) in [4.78, 5) is 14.4. The van der Waals surface area contributed by atoms with Crippen molar-refractivity contribution >= 4 is 27.6 Å². The Balaban J connectivity index is 1.59. The molecule has 3 aliphatic rings. The minimum atomic E-state index is -3.53. The topological polar surface area (TPSA) is 96.7 Å². The van der Waals surface area contributed by atoms with Crippen molar-refractivity contribution in [2.24, 2.45) is 4.40 Å². The van der Waals surface area contributed by atoms with E-state index in [1.165, 1.54) is 0 Å². The maximum atomic E-state index is 12.7. The molecule has 132 valence electrons. The first-order valence-electron chi connectivity index (χ1n) is 8.36. The zero-order chi connectivity index (χ0) is 17.4. The van der Waals surface area contributed by atoms with Gasteiger partial charge in [0.25, 0.3) is 15.9 Å². The number of sulfonamides is 1. The molecule has 3 heterocycles.